The van der Waals surface area contributed by atoms with E-state index >= 15 is 0 Å². The molecule has 1 amide bonds. The van der Waals surface area contributed by atoms with Crippen molar-refractivity contribution in [2.24, 2.45) is 0 Å². The summed E-state index contributed by atoms with van der Waals surface area (Å²) in [4.78, 5) is 14.1. The Morgan fingerprint density at radius 2 is 2.33 bits per heavy atom. The normalized spacial score (nSPS) is 10.4. The van der Waals surface area contributed by atoms with Crippen LogP contribution >= 0.6 is 22.9 Å². The first kappa shape index (κ1) is 13.0. The van der Waals surface area contributed by atoms with Gasteiger partial charge in [-0.15, -0.1) is 0 Å². The maximum absolute atomic E-state index is 12.4. The summed E-state index contributed by atoms with van der Waals surface area (Å²) in [5.74, 6) is 0.0109. The van der Waals surface area contributed by atoms with Crippen molar-refractivity contribution >= 4 is 33.8 Å². The molecule has 0 unspecified atom stereocenters. The van der Waals surface area contributed by atoms with Crippen LogP contribution in [0.5, 0.6) is 0 Å². The molecule has 4 nitrogen and oxygen atoms in total. The van der Waals surface area contributed by atoms with Crippen molar-refractivity contribution in [1.29, 1.82) is 0 Å². The standard InChI is InChI=1S/C12H15N3OS2/c1-8-10(11(13-2)18-14-8)12(16)15(3)6-9-4-5-17-7-9/h4-5,7,13H,6H2,1-3H3. The molecule has 2 heterocycles. The second-order valence-corrected chi connectivity index (χ2v) is 5.57. The summed E-state index contributed by atoms with van der Waals surface area (Å²) in [5.41, 5.74) is 2.62. The number of hydrogen-bond acceptors (Lipinski definition) is 5. The molecule has 0 fully saturated rings. The van der Waals surface area contributed by atoms with Gasteiger partial charge in [0.25, 0.3) is 5.91 Å². The van der Waals surface area contributed by atoms with Gasteiger partial charge in [-0.1, -0.05) is 0 Å². The predicted molar refractivity (Wildman–Crippen MR) is 76.5 cm³/mol. The van der Waals surface area contributed by atoms with Gasteiger partial charge in [-0.05, 0) is 40.8 Å². The lowest BCUT2D eigenvalue weighted by molar-refractivity contribution is 0.0785. The Bertz CT molecular complexity index is 534. The van der Waals surface area contributed by atoms with Crippen LogP contribution in [-0.4, -0.2) is 29.3 Å². The van der Waals surface area contributed by atoms with Crippen LogP contribution in [0.15, 0.2) is 16.8 Å². The Balaban J connectivity index is 2.17. The number of aromatic nitrogens is 1. The topological polar surface area (TPSA) is 45.2 Å². The molecule has 2 aromatic rings. The molecular weight excluding hydrogens is 266 g/mol. The van der Waals surface area contributed by atoms with Crippen molar-refractivity contribution in [3.8, 4) is 0 Å². The first-order valence-electron chi connectivity index (χ1n) is 5.54. The molecule has 0 spiro atoms. The van der Waals surface area contributed by atoms with Crippen LogP contribution in [0.1, 0.15) is 21.6 Å². The first-order chi connectivity index (χ1) is 8.63. The van der Waals surface area contributed by atoms with Crippen LogP contribution in [0, 0.1) is 6.92 Å². The summed E-state index contributed by atoms with van der Waals surface area (Å²) in [7, 11) is 3.62. The highest BCUT2D eigenvalue weighted by molar-refractivity contribution is 7.10. The zero-order valence-electron chi connectivity index (χ0n) is 10.6. The van der Waals surface area contributed by atoms with Crippen molar-refractivity contribution in [3.63, 3.8) is 0 Å². The molecule has 0 atom stereocenters. The third-order valence-electron chi connectivity index (χ3n) is 2.65. The third-order valence-corrected chi connectivity index (χ3v) is 4.34. The molecule has 0 saturated carbocycles. The Morgan fingerprint density at radius 1 is 1.56 bits per heavy atom. The van der Waals surface area contributed by atoms with Crippen LogP contribution in [0.3, 0.4) is 0 Å². The minimum absolute atomic E-state index is 0.0109. The van der Waals surface area contributed by atoms with Crippen molar-refractivity contribution in [1.82, 2.24) is 9.27 Å². The molecule has 96 valence electrons. The number of rotatable bonds is 4. The molecule has 1 N–H and O–H groups in total. The van der Waals surface area contributed by atoms with Crippen molar-refractivity contribution in [3.05, 3.63) is 33.6 Å². The van der Waals surface area contributed by atoms with Crippen molar-refractivity contribution in [2.45, 2.75) is 13.5 Å². The molecular formula is C12H15N3OS2. The third kappa shape index (κ3) is 2.54. The summed E-state index contributed by atoms with van der Waals surface area (Å²) in [6, 6.07) is 2.03. The van der Waals surface area contributed by atoms with Gasteiger partial charge in [-0.3, -0.25) is 4.79 Å². The van der Waals surface area contributed by atoms with Crippen molar-refractivity contribution in [2.75, 3.05) is 19.4 Å². The number of hydrogen-bond donors (Lipinski definition) is 1. The lowest BCUT2D eigenvalue weighted by Gasteiger charge is -2.17. The van der Waals surface area contributed by atoms with E-state index < -0.39 is 0 Å². The number of nitrogens with one attached hydrogen (secondary N) is 1. The maximum Gasteiger partial charge on any atom is 0.258 e. The number of anilines is 1. The summed E-state index contributed by atoms with van der Waals surface area (Å²) in [5, 5.41) is 7.92. The molecule has 18 heavy (non-hydrogen) atoms. The van der Waals surface area contributed by atoms with Gasteiger partial charge in [-0.2, -0.15) is 15.7 Å². The maximum atomic E-state index is 12.4. The van der Waals surface area contributed by atoms with E-state index in [0.717, 1.165) is 16.3 Å². The van der Waals surface area contributed by atoms with Gasteiger partial charge in [0.15, 0.2) is 0 Å². The average Bonchev–Trinajstić information content (AvgIpc) is 2.97. The summed E-state index contributed by atoms with van der Waals surface area (Å²) in [6.07, 6.45) is 0. The van der Waals surface area contributed by atoms with Crippen LogP contribution in [0.2, 0.25) is 0 Å². The number of amides is 1. The lowest BCUT2D eigenvalue weighted by atomic mass is 10.2. The fourth-order valence-electron chi connectivity index (χ4n) is 1.71. The molecule has 0 aliphatic rings. The number of carbonyl (C=O) groups excluding carboxylic acids is 1. The molecule has 0 bridgehead atoms. The van der Waals surface area contributed by atoms with E-state index in [-0.39, 0.29) is 5.91 Å². The van der Waals surface area contributed by atoms with Crippen LogP contribution in [0.4, 0.5) is 5.00 Å². The highest BCUT2D eigenvalue weighted by Gasteiger charge is 2.21. The smallest absolute Gasteiger partial charge is 0.258 e. The summed E-state index contributed by atoms with van der Waals surface area (Å²) in [6.45, 7) is 2.49. The quantitative estimate of drug-likeness (QED) is 0.937. The zero-order valence-corrected chi connectivity index (χ0v) is 12.2. The Hall–Kier alpha value is -1.40. The molecule has 2 aromatic heterocycles. The van der Waals surface area contributed by atoms with Gasteiger partial charge in [0.1, 0.15) is 5.00 Å². The van der Waals surface area contributed by atoms with E-state index in [0.29, 0.717) is 12.1 Å². The Morgan fingerprint density at radius 3 is 2.94 bits per heavy atom. The Kier molecular flexibility index (Phi) is 3.98. The monoisotopic (exact) mass is 281 g/mol. The van der Waals surface area contributed by atoms with E-state index in [9.17, 15) is 4.79 Å². The summed E-state index contributed by atoms with van der Waals surface area (Å²) < 4.78 is 4.22. The number of aryl methyl sites for hydroxylation is 1. The van der Waals surface area contributed by atoms with E-state index in [1.54, 1.807) is 16.2 Å². The highest BCUT2D eigenvalue weighted by Crippen LogP contribution is 2.25. The highest BCUT2D eigenvalue weighted by atomic mass is 32.1. The zero-order chi connectivity index (χ0) is 13.1. The first-order valence-corrected chi connectivity index (χ1v) is 7.25. The van der Waals surface area contributed by atoms with Gasteiger partial charge >= 0.3 is 0 Å². The van der Waals surface area contributed by atoms with E-state index in [4.69, 9.17) is 0 Å². The van der Waals surface area contributed by atoms with Crippen LogP contribution in [0.25, 0.3) is 0 Å². The van der Waals surface area contributed by atoms with Crippen LogP contribution in [-0.2, 0) is 6.54 Å². The SMILES string of the molecule is CNc1snc(C)c1C(=O)N(C)Cc1ccsc1. The van der Waals surface area contributed by atoms with Gasteiger partial charge in [0.05, 0.1) is 11.3 Å². The fourth-order valence-corrected chi connectivity index (χ4v) is 3.11. The summed E-state index contributed by atoms with van der Waals surface area (Å²) >= 11 is 2.96. The predicted octanol–water partition coefficient (Wildman–Crippen LogP) is 2.83. The van der Waals surface area contributed by atoms with E-state index in [2.05, 4.69) is 15.1 Å². The molecule has 0 aliphatic carbocycles. The lowest BCUT2D eigenvalue weighted by Crippen LogP contribution is -2.26. The second-order valence-electron chi connectivity index (χ2n) is 4.01. The largest absolute Gasteiger partial charge is 0.378 e. The minimum Gasteiger partial charge on any atom is -0.378 e. The molecule has 0 aromatic carbocycles. The van der Waals surface area contributed by atoms with E-state index in [1.807, 2.05) is 32.5 Å². The van der Waals surface area contributed by atoms with E-state index in [1.165, 1.54) is 11.5 Å². The molecule has 2 rings (SSSR count). The molecule has 0 radical (unpaired) electrons. The average molecular weight is 281 g/mol. The van der Waals surface area contributed by atoms with Gasteiger partial charge < -0.3 is 10.2 Å². The second kappa shape index (κ2) is 5.49. The number of carbonyl (C=O) groups is 1. The minimum atomic E-state index is 0.0109. The molecule has 0 saturated heterocycles. The number of thiophene rings is 1. The van der Waals surface area contributed by atoms with Gasteiger partial charge in [0.2, 0.25) is 0 Å². The van der Waals surface area contributed by atoms with Gasteiger partial charge in [0, 0.05) is 20.6 Å². The van der Waals surface area contributed by atoms with Gasteiger partial charge in [-0.25, -0.2) is 0 Å². The van der Waals surface area contributed by atoms with Crippen LogP contribution < -0.4 is 5.32 Å². The molecule has 6 heteroatoms. The van der Waals surface area contributed by atoms with Crippen molar-refractivity contribution < 1.29 is 4.79 Å². The fraction of sp³-hybridized carbons (Fsp3) is 0.333. The molecule has 0 aliphatic heterocycles. The Labute approximate surface area is 114 Å². The number of nitrogens with zero attached hydrogens (tertiary/aromatic N) is 2.